The van der Waals surface area contributed by atoms with Crippen molar-refractivity contribution in [3.8, 4) is 12.1 Å². The van der Waals surface area contributed by atoms with Gasteiger partial charge in [-0.15, -0.1) is 0 Å². The number of nitrogens with zero attached hydrogens (tertiary/aromatic N) is 4. The van der Waals surface area contributed by atoms with Crippen LogP contribution in [0.4, 0.5) is 0 Å². The highest BCUT2D eigenvalue weighted by molar-refractivity contribution is 5.99. The second-order valence-electron chi connectivity index (χ2n) is 6.74. The summed E-state index contributed by atoms with van der Waals surface area (Å²) in [7, 11) is 0. The van der Waals surface area contributed by atoms with Gasteiger partial charge in [-0.1, -0.05) is 12.2 Å². The highest BCUT2D eigenvalue weighted by atomic mass is 16.5. The van der Waals surface area contributed by atoms with E-state index in [-0.39, 0.29) is 24.2 Å². The minimum atomic E-state index is -1.04. The number of hydrogen-bond acceptors (Lipinski definition) is 6. The Bertz CT molecular complexity index is 750. The van der Waals surface area contributed by atoms with Gasteiger partial charge >= 0.3 is 0 Å². The van der Waals surface area contributed by atoms with Crippen molar-refractivity contribution < 1.29 is 9.47 Å². The average molecular weight is 324 g/mol. The van der Waals surface area contributed by atoms with E-state index in [1.165, 1.54) is 0 Å². The smallest absolute Gasteiger partial charge is 0.227 e. The van der Waals surface area contributed by atoms with Gasteiger partial charge in [-0.25, -0.2) is 4.99 Å². The van der Waals surface area contributed by atoms with Crippen LogP contribution in [-0.2, 0) is 9.47 Å². The van der Waals surface area contributed by atoms with Gasteiger partial charge in [0.05, 0.1) is 30.2 Å². The second kappa shape index (κ2) is 5.58. The number of hydrogen-bond donors (Lipinski definition) is 0. The third kappa shape index (κ3) is 2.03. The highest BCUT2D eigenvalue weighted by Crippen LogP contribution is 2.62. The van der Waals surface area contributed by atoms with Crippen molar-refractivity contribution in [1.29, 1.82) is 10.5 Å². The molecule has 0 unspecified atom stereocenters. The Hall–Kier alpha value is -2.44. The van der Waals surface area contributed by atoms with Crippen molar-refractivity contribution >= 4 is 12.1 Å². The Morgan fingerprint density at radius 2 is 1.96 bits per heavy atom. The molecule has 1 aliphatic carbocycles. The van der Waals surface area contributed by atoms with E-state index in [2.05, 4.69) is 22.1 Å². The summed E-state index contributed by atoms with van der Waals surface area (Å²) in [4.78, 5) is 9.13. The summed E-state index contributed by atoms with van der Waals surface area (Å²) in [6.07, 6.45) is 6.79. The van der Waals surface area contributed by atoms with Gasteiger partial charge < -0.3 is 9.47 Å². The predicted molar refractivity (Wildman–Crippen MR) is 89.3 cm³/mol. The summed E-state index contributed by atoms with van der Waals surface area (Å²) in [6, 6.07) is 4.13. The summed E-state index contributed by atoms with van der Waals surface area (Å²) >= 11 is 0. The molecule has 6 nitrogen and oxygen atoms in total. The SMILES string of the molecule is CC(C)OC1=N[C@H]2[C@@H](C=C1C#N)[C@@]1(OC(C)C)N=CC=C[C@@]21C#N. The molecule has 0 saturated heterocycles. The van der Waals surface area contributed by atoms with Gasteiger partial charge in [0.25, 0.3) is 0 Å². The van der Waals surface area contributed by atoms with E-state index in [0.717, 1.165) is 0 Å². The third-order valence-corrected chi connectivity index (χ3v) is 4.46. The fraction of sp³-hybridized carbons (Fsp3) is 0.556. The molecule has 0 amide bonds. The maximum Gasteiger partial charge on any atom is 0.227 e. The summed E-state index contributed by atoms with van der Waals surface area (Å²) in [5, 5.41) is 19.4. The lowest BCUT2D eigenvalue weighted by Gasteiger charge is -2.61. The van der Waals surface area contributed by atoms with E-state index in [9.17, 15) is 10.5 Å². The number of allylic oxidation sites excluding steroid dienone is 1. The normalized spacial score (nSPS) is 36.0. The number of aliphatic imine (C=N–C) groups is 2. The molecule has 0 aromatic rings. The molecular formula is C18H20N4O2. The Kier molecular flexibility index (Phi) is 3.81. The van der Waals surface area contributed by atoms with E-state index in [4.69, 9.17) is 9.47 Å². The van der Waals surface area contributed by atoms with Gasteiger partial charge in [0, 0.05) is 6.21 Å². The minimum Gasteiger partial charge on any atom is -0.474 e. The first-order valence-corrected chi connectivity index (χ1v) is 8.09. The molecule has 0 bridgehead atoms. The topological polar surface area (TPSA) is 90.8 Å². The number of rotatable bonds is 3. The molecule has 1 saturated carbocycles. The Balaban J connectivity index is 2.09. The molecule has 1 fully saturated rings. The summed E-state index contributed by atoms with van der Waals surface area (Å²) in [6.45, 7) is 7.57. The van der Waals surface area contributed by atoms with Crippen LogP contribution < -0.4 is 0 Å². The van der Waals surface area contributed by atoms with Crippen molar-refractivity contribution in [3.63, 3.8) is 0 Å². The maximum absolute atomic E-state index is 9.93. The lowest BCUT2D eigenvalue weighted by Crippen LogP contribution is -2.73. The van der Waals surface area contributed by atoms with Crippen LogP contribution in [0.3, 0.4) is 0 Å². The molecular weight excluding hydrogens is 304 g/mol. The van der Waals surface area contributed by atoms with Gasteiger partial charge in [0.2, 0.25) is 5.90 Å². The summed E-state index contributed by atoms with van der Waals surface area (Å²) < 4.78 is 11.8. The summed E-state index contributed by atoms with van der Waals surface area (Å²) in [5.41, 5.74) is -1.66. The number of nitriles is 2. The second-order valence-corrected chi connectivity index (χ2v) is 6.74. The van der Waals surface area contributed by atoms with E-state index < -0.39 is 11.1 Å². The zero-order valence-corrected chi connectivity index (χ0v) is 14.2. The van der Waals surface area contributed by atoms with Crippen LogP contribution in [-0.4, -0.2) is 36.1 Å². The molecule has 2 aliphatic heterocycles. The first-order valence-electron chi connectivity index (χ1n) is 8.09. The standard InChI is InChI=1S/C18H20N4O2/c1-11(2)23-16-13(9-19)8-14-15(22-16)17(10-20)6-5-7-21-18(14,17)24-12(3)4/h5-8,11-12,14-15H,1-4H3/t14-,15+,17-,18+/m1/s1. The molecule has 124 valence electrons. The number of ether oxygens (including phenoxy) is 2. The van der Waals surface area contributed by atoms with Crippen molar-refractivity contribution in [2.75, 3.05) is 0 Å². The molecule has 3 rings (SSSR count). The lowest BCUT2D eigenvalue weighted by molar-refractivity contribution is -0.217. The molecule has 2 heterocycles. The van der Waals surface area contributed by atoms with Gasteiger partial charge in [0.15, 0.2) is 5.72 Å². The quantitative estimate of drug-likeness (QED) is 0.797. The van der Waals surface area contributed by atoms with E-state index in [1.54, 1.807) is 18.4 Å². The van der Waals surface area contributed by atoms with Gasteiger partial charge in [0.1, 0.15) is 17.1 Å². The largest absolute Gasteiger partial charge is 0.474 e. The molecule has 0 spiro atoms. The van der Waals surface area contributed by atoms with Crippen LogP contribution in [0.1, 0.15) is 27.7 Å². The molecule has 0 N–H and O–H groups in total. The fourth-order valence-electron chi connectivity index (χ4n) is 3.63. The predicted octanol–water partition coefficient (Wildman–Crippen LogP) is 2.54. The van der Waals surface area contributed by atoms with Crippen LogP contribution >= 0.6 is 0 Å². The fourth-order valence-corrected chi connectivity index (χ4v) is 3.63. The zero-order chi connectivity index (χ0) is 17.5. The van der Waals surface area contributed by atoms with Crippen LogP contribution in [0.5, 0.6) is 0 Å². The Labute approximate surface area is 141 Å². The van der Waals surface area contributed by atoms with E-state index >= 15 is 0 Å². The first kappa shape index (κ1) is 16.4. The van der Waals surface area contributed by atoms with Crippen molar-refractivity contribution in [2.45, 2.75) is 51.7 Å². The van der Waals surface area contributed by atoms with Crippen LogP contribution in [0, 0.1) is 34.0 Å². The van der Waals surface area contributed by atoms with Gasteiger partial charge in [-0.05, 0) is 33.8 Å². The Morgan fingerprint density at radius 1 is 1.21 bits per heavy atom. The van der Waals surface area contributed by atoms with Crippen molar-refractivity contribution in [1.82, 2.24) is 0 Å². The first-order chi connectivity index (χ1) is 11.4. The number of fused-ring (bicyclic) bond motifs is 4. The third-order valence-electron chi connectivity index (χ3n) is 4.46. The average Bonchev–Trinajstić information content (AvgIpc) is 2.53. The molecule has 4 atom stereocenters. The lowest BCUT2D eigenvalue weighted by atomic mass is 9.50. The van der Waals surface area contributed by atoms with Crippen molar-refractivity contribution in [2.24, 2.45) is 21.3 Å². The maximum atomic E-state index is 9.93. The molecule has 0 aromatic carbocycles. The molecule has 0 radical (unpaired) electrons. The molecule has 0 aromatic heterocycles. The number of dihydropyridines is 2. The Morgan fingerprint density at radius 3 is 2.54 bits per heavy atom. The molecule has 24 heavy (non-hydrogen) atoms. The van der Waals surface area contributed by atoms with Gasteiger partial charge in [-0.3, -0.25) is 4.99 Å². The highest BCUT2D eigenvalue weighted by Gasteiger charge is 2.75. The monoisotopic (exact) mass is 324 g/mol. The van der Waals surface area contributed by atoms with E-state index in [1.807, 2.05) is 33.8 Å². The van der Waals surface area contributed by atoms with Crippen molar-refractivity contribution in [3.05, 3.63) is 23.8 Å². The molecule has 3 aliphatic rings. The minimum absolute atomic E-state index is 0.105. The van der Waals surface area contributed by atoms with E-state index in [0.29, 0.717) is 11.5 Å². The van der Waals surface area contributed by atoms with Crippen LogP contribution in [0.25, 0.3) is 0 Å². The summed E-state index contributed by atoms with van der Waals surface area (Å²) in [5.74, 6) is 0.0272. The zero-order valence-electron chi connectivity index (χ0n) is 14.2. The molecule has 6 heteroatoms. The van der Waals surface area contributed by atoms with Gasteiger partial charge in [-0.2, -0.15) is 10.5 Å². The van der Waals surface area contributed by atoms with Crippen LogP contribution in [0.2, 0.25) is 0 Å². The van der Waals surface area contributed by atoms with Crippen LogP contribution in [0.15, 0.2) is 33.8 Å².